The van der Waals surface area contributed by atoms with Crippen LogP contribution in [0.2, 0.25) is 0 Å². The summed E-state index contributed by atoms with van der Waals surface area (Å²) in [7, 11) is 1.66. The number of aromatic nitrogens is 3. The van der Waals surface area contributed by atoms with E-state index >= 15 is 0 Å². The van der Waals surface area contributed by atoms with Gasteiger partial charge in [0, 0.05) is 29.6 Å². The van der Waals surface area contributed by atoms with E-state index in [2.05, 4.69) is 11.9 Å². The summed E-state index contributed by atoms with van der Waals surface area (Å²) in [4.78, 5) is 20.2. The van der Waals surface area contributed by atoms with Crippen LogP contribution in [0.1, 0.15) is 20.9 Å². The van der Waals surface area contributed by atoms with E-state index in [4.69, 9.17) is 9.84 Å². The highest BCUT2D eigenvalue weighted by Gasteiger charge is 2.30. The number of anilines is 1. The van der Waals surface area contributed by atoms with Crippen molar-refractivity contribution in [2.24, 2.45) is 0 Å². The van der Waals surface area contributed by atoms with Crippen LogP contribution in [0, 0.1) is 6.92 Å². The van der Waals surface area contributed by atoms with Gasteiger partial charge in [0.1, 0.15) is 11.6 Å². The summed E-state index contributed by atoms with van der Waals surface area (Å²) in [6.07, 6.45) is 2.44. The number of thiophene rings is 1. The summed E-state index contributed by atoms with van der Waals surface area (Å²) in [6.45, 7) is 2.63. The lowest BCUT2D eigenvalue weighted by atomic mass is 10.1. The van der Waals surface area contributed by atoms with Crippen molar-refractivity contribution >= 4 is 23.1 Å². The van der Waals surface area contributed by atoms with Crippen LogP contribution in [-0.4, -0.2) is 34.3 Å². The van der Waals surface area contributed by atoms with Crippen LogP contribution in [-0.2, 0) is 6.42 Å². The molecule has 0 saturated carbocycles. The number of carbonyl (C=O) groups excluding carboxylic acids is 1. The van der Waals surface area contributed by atoms with E-state index in [-0.39, 0.29) is 5.91 Å². The third-order valence-corrected chi connectivity index (χ3v) is 6.28. The van der Waals surface area contributed by atoms with Crippen LogP contribution in [0.25, 0.3) is 16.9 Å². The van der Waals surface area contributed by atoms with Gasteiger partial charge in [-0.25, -0.2) is 9.67 Å². The molecule has 3 aromatic heterocycles. The lowest BCUT2D eigenvalue weighted by molar-refractivity contribution is 0.0990. The maximum absolute atomic E-state index is 13.1. The minimum Gasteiger partial charge on any atom is -0.497 e. The van der Waals surface area contributed by atoms with Gasteiger partial charge in [-0.15, -0.1) is 11.3 Å². The summed E-state index contributed by atoms with van der Waals surface area (Å²) in [6, 6.07) is 15.5. The first-order valence-electron chi connectivity index (χ1n) is 9.71. The second-order valence-electron chi connectivity index (χ2n) is 7.08. The molecule has 0 radical (unpaired) electrons. The second-order valence-corrected chi connectivity index (χ2v) is 8.03. The summed E-state index contributed by atoms with van der Waals surface area (Å²) < 4.78 is 7.23. The molecule has 1 aromatic carbocycles. The van der Waals surface area contributed by atoms with Crippen molar-refractivity contribution in [1.82, 2.24) is 14.8 Å². The van der Waals surface area contributed by atoms with Gasteiger partial charge in [0.2, 0.25) is 0 Å². The molecule has 1 amide bonds. The smallest absolute Gasteiger partial charge is 0.269 e. The monoisotopic (exact) mass is 416 g/mol. The fourth-order valence-corrected chi connectivity index (χ4v) is 4.55. The molecule has 150 valence electrons. The summed E-state index contributed by atoms with van der Waals surface area (Å²) >= 11 is 1.45. The molecule has 5 rings (SSSR count). The van der Waals surface area contributed by atoms with E-state index in [1.54, 1.807) is 18.2 Å². The van der Waals surface area contributed by atoms with Crippen molar-refractivity contribution in [3.8, 4) is 22.7 Å². The number of hydrogen-bond acceptors (Lipinski definition) is 5. The Hall–Kier alpha value is -3.45. The first kappa shape index (κ1) is 18.6. The van der Waals surface area contributed by atoms with Crippen LogP contribution in [0.5, 0.6) is 5.75 Å². The Labute approximate surface area is 178 Å². The maximum atomic E-state index is 13.1. The Bertz CT molecular complexity index is 1210. The fourth-order valence-electron chi connectivity index (χ4n) is 3.88. The van der Waals surface area contributed by atoms with E-state index in [1.807, 2.05) is 58.6 Å². The zero-order chi connectivity index (χ0) is 20.7. The van der Waals surface area contributed by atoms with Crippen LogP contribution in [0.15, 0.2) is 60.1 Å². The summed E-state index contributed by atoms with van der Waals surface area (Å²) in [5, 5.41) is 6.85. The predicted octanol–water partition coefficient (Wildman–Crippen LogP) is 4.52. The van der Waals surface area contributed by atoms with Crippen molar-refractivity contribution in [2.75, 3.05) is 18.6 Å². The number of ether oxygens (including phenoxy) is 1. The largest absolute Gasteiger partial charge is 0.497 e. The standard InChI is InChI=1S/C23H20N4O2S/c1-15-18-11-13-26(23(28)20-6-4-14-30-20)22-19(5-3-12-24-22)21(18)25-27(15)16-7-9-17(29-2)10-8-16/h3-10,12,14H,11,13H2,1-2H3. The van der Waals surface area contributed by atoms with Gasteiger partial charge in [0.25, 0.3) is 5.91 Å². The number of carbonyl (C=O) groups is 1. The molecule has 0 fully saturated rings. The number of fused-ring (bicyclic) bond motifs is 3. The van der Waals surface area contributed by atoms with Crippen LogP contribution in [0.3, 0.4) is 0 Å². The number of benzene rings is 1. The number of hydrogen-bond donors (Lipinski definition) is 0. The summed E-state index contributed by atoms with van der Waals surface area (Å²) in [5.41, 5.74) is 4.94. The molecule has 0 spiro atoms. The minimum absolute atomic E-state index is 0.0178. The molecule has 1 aliphatic heterocycles. The third kappa shape index (κ3) is 2.98. The molecule has 30 heavy (non-hydrogen) atoms. The van der Waals surface area contributed by atoms with E-state index in [9.17, 15) is 4.79 Å². The predicted molar refractivity (Wildman–Crippen MR) is 118 cm³/mol. The first-order valence-corrected chi connectivity index (χ1v) is 10.6. The van der Waals surface area contributed by atoms with Crippen molar-refractivity contribution in [3.05, 3.63) is 76.2 Å². The van der Waals surface area contributed by atoms with E-state index in [1.165, 1.54) is 11.3 Å². The maximum Gasteiger partial charge on any atom is 0.269 e. The molecule has 0 N–H and O–H groups in total. The van der Waals surface area contributed by atoms with Crippen molar-refractivity contribution in [3.63, 3.8) is 0 Å². The number of pyridine rings is 1. The Morgan fingerprint density at radius 2 is 1.97 bits per heavy atom. The van der Waals surface area contributed by atoms with Gasteiger partial charge >= 0.3 is 0 Å². The highest BCUT2D eigenvalue weighted by atomic mass is 32.1. The number of methoxy groups -OCH3 is 1. The van der Waals surface area contributed by atoms with Crippen LogP contribution >= 0.6 is 11.3 Å². The van der Waals surface area contributed by atoms with E-state index < -0.39 is 0 Å². The van der Waals surface area contributed by atoms with Crippen molar-refractivity contribution in [2.45, 2.75) is 13.3 Å². The van der Waals surface area contributed by atoms with Gasteiger partial charge < -0.3 is 4.74 Å². The molecule has 6 nitrogen and oxygen atoms in total. The zero-order valence-corrected chi connectivity index (χ0v) is 17.5. The highest BCUT2D eigenvalue weighted by Crippen LogP contribution is 2.37. The summed E-state index contributed by atoms with van der Waals surface area (Å²) in [5.74, 6) is 1.45. The average molecular weight is 417 g/mol. The molecule has 0 bridgehead atoms. The number of amides is 1. The van der Waals surface area contributed by atoms with Gasteiger partial charge in [0.05, 0.1) is 23.4 Å². The van der Waals surface area contributed by atoms with Gasteiger partial charge in [0.15, 0.2) is 0 Å². The topological polar surface area (TPSA) is 60.2 Å². The first-order chi connectivity index (χ1) is 14.7. The fraction of sp³-hybridized carbons (Fsp3) is 0.174. The Balaban J connectivity index is 1.61. The molecule has 7 heteroatoms. The lowest BCUT2D eigenvalue weighted by Gasteiger charge is -2.21. The third-order valence-electron chi connectivity index (χ3n) is 5.42. The molecular formula is C23H20N4O2S. The average Bonchev–Trinajstić information content (AvgIpc) is 3.39. The SMILES string of the molecule is COc1ccc(-n2nc3c(c2C)CCN(C(=O)c2cccs2)c2ncccc2-3)cc1. The molecule has 4 aromatic rings. The van der Waals surface area contributed by atoms with Crippen molar-refractivity contribution in [1.29, 1.82) is 0 Å². The van der Waals surface area contributed by atoms with Crippen LogP contribution in [0.4, 0.5) is 5.82 Å². The van der Waals surface area contributed by atoms with Crippen molar-refractivity contribution < 1.29 is 9.53 Å². The molecule has 0 atom stereocenters. The van der Waals surface area contributed by atoms with E-state index in [0.717, 1.165) is 34.0 Å². The molecule has 0 unspecified atom stereocenters. The van der Waals surface area contributed by atoms with E-state index in [0.29, 0.717) is 23.7 Å². The molecule has 0 aliphatic carbocycles. The number of rotatable bonds is 3. The normalized spacial score (nSPS) is 12.8. The highest BCUT2D eigenvalue weighted by molar-refractivity contribution is 7.12. The van der Waals surface area contributed by atoms with Gasteiger partial charge in [-0.3, -0.25) is 9.69 Å². The Morgan fingerprint density at radius 1 is 1.13 bits per heavy atom. The zero-order valence-electron chi connectivity index (χ0n) is 16.7. The lowest BCUT2D eigenvalue weighted by Crippen LogP contribution is -2.32. The van der Waals surface area contributed by atoms with Crippen LogP contribution < -0.4 is 9.64 Å². The molecule has 1 aliphatic rings. The Kier molecular flexibility index (Phi) is 4.59. The van der Waals surface area contributed by atoms with Gasteiger partial charge in [-0.2, -0.15) is 5.10 Å². The minimum atomic E-state index is -0.0178. The number of nitrogens with zero attached hydrogens (tertiary/aromatic N) is 4. The Morgan fingerprint density at radius 3 is 2.70 bits per heavy atom. The molecular weight excluding hydrogens is 396 g/mol. The van der Waals surface area contributed by atoms with Gasteiger partial charge in [-0.1, -0.05) is 6.07 Å². The second kappa shape index (κ2) is 7.42. The molecule has 4 heterocycles. The van der Waals surface area contributed by atoms with Gasteiger partial charge in [-0.05, 0) is 61.2 Å². The quantitative estimate of drug-likeness (QED) is 0.493. The molecule has 0 saturated heterocycles.